The van der Waals surface area contributed by atoms with Crippen LogP contribution in [0.3, 0.4) is 0 Å². The molecule has 0 bridgehead atoms. The Hall–Kier alpha value is -2.14. The van der Waals surface area contributed by atoms with Crippen LogP contribution in [0.15, 0.2) is 46.9 Å². The van der Waals surface area contributed by atoms with Crippen molar-refractivity contribution in [3.8, 4) is 0 Å². The van der Waals surface area contributed by atoms with Gasteiger partial charge < -0.3 is 10.2 Å². The Morgan fingerprint density at radius 1 is 1.04 bits per heavy atom. The van der Waals surface area contributed by atoms with Crippen LogP contribution in [0.25, 0.3) is 0 Å². The number of benzene rings is 2. The predicted octanol–water partition coefficient (Wildman–Crippen LogP) is 4.55. The minimum Gasteiger partial charge on any atom is -0.352 e. The SMILES string of the molecule is Cc1ccc(C)c(CC(=O)N(Cc2ccc(Br)cc2)[C@H](C)C(=O)NC(C)C)c1. The van der Waals surface area contributed by atoms with Gasteiger partial charge in [0.25, 0.3) is 0 Å². The summed E-state index contributed by atoms with van der Waals surface area (Å²) in [6, 6.07) is 13.4. The average molecular weight is 445 g/mol. The first-order valence-electron chi connectivity index (χ1n) is 9.57. The number of halogens is 1. The topological polar surface area (TPSA) is 49.4 Å². The van der Waals surface area contributed by atoms with E-state index < -0.39 is 6.04 Å². The van der Waals surface area contributed by atoms with Crippen LogP contribution in [-0.2, 0) is 22.6 Å². The Balaban J connectivity index is 2.27. The Bertz CT molecular complexity index is 831. The fraction of sp³-hybridized carbons (Fsp3) is 0.391. The zero-order valence-electron chi connectivity index (χ0n) is 17.3. The molecule has 0 radical (unpaired) electrons. The second-order valence-electron chi connectivity index (χ2n) is 7.59. The molecule has 2 aromatic rings. The third-order valence-electron chi connectivity index (χ3n) is 4.71. The molecule has 0 aliphatic heterocycles. The van der Waals surface area contributed by atoms with E-state index in [0.29, 0.717) is 6.54 Å². The van der Waals surface area contributed by atoms with Gasteiger partial charge in [-0.25, -0.2) is 0 Å². The highest BCUT2D eigenvalue weighted by Crippen LogP contribution is 2.17. The molecule has 1 atom stereocenters. The van der Waals surface area contributed by atoms with Crippen molar-refractivity contribution in [3.63, 3.8) is 0 Å². The van der Waals surface area contributed by atoms with E-state index in [1.165, 1.54) is 0 Å². The number of nitrogens with zero attached hydrogens (tertiary/aromatic N) is 1. The molecule has 0 heterocycles. The van der Waals surface area contributed by atoms with Crippen LogP contribution in [0.2, 0.25) is 0 Å². The molecule has 0 fully saturated rings. The normalized spacial score (nSPS) is 12.0. The summed E-state index contributed by atoms with van der Waals surface area (Å²) in [7, 11) is 0. The summed E-state index contributed by atoms with van der Waals surface area (Å²) < 4.78 is 0.982. The van der Waals surface area contributed by atoms with Gasteiger partial charge in [-0.05, 0) is 63.4 Å². The highest BCUT2D eigenvalue weighted by atomic mass is 79.9. The van der Waals surface area contributed by atoms with Crippen molar-refractivity contribution >= 4 is 27.7 Å². The summed E-state index contributed by atoms with van der Waals surface area (Å²) in [5.41, 5.74) is 4.20. The number of carbonyl (C=O) groups is 2. The van der Waals surface area contributed by atoms with E-state index >= 15 is 0 Å². The molecule has 0 aliphatic carbocycles. The Kier molecular flexibility index (Phi) is 7.81. The zero-order valence-corrected chi connectivity index (χ0v) is 18.8. The standard InChI is InChI=1S/C23H29BrN2O2/c1-15(2)25-23(28)18(5)26(14-19-8-10-21(24)11-9-19)22(27)13-20-12-16(3)6-7-17(20)4/h6-12,15,18H,13-14H2,1-5H3,(H,25,28)/t18-/m1/s1. The minimum absolute atomic E-state index is 0.0265. The molecule has 150 valence electrons. The molecule has 0 saturated heterocycles. The molecule has 2 rings (SSSR count). The molecule has 0 aliphatic rings. The Morgan fingerprint density at radius 3 is 2.29 bits per heavy atom. The van der Waals surface area contributed by atoms with E-state index in [0.717, 1.165) is 26.7 Å². The second kappa shape index (κ2) is 9.87. The van der Waals surface area contributed by atoms with Gasteiger partial charge >= 0.3 is 0 Å². The monoisotopic (exact) mass is 444 g/mol. The van der Waals surface area contributed by atoms with E-state index in [4.69, 9.17) is 0 Å². The highest BCUT2D eigenvalue weighted by Gasteiger charge is 2.26. The lowest BCUT2D eigenvalue weighted by molar-refractivity contribution is -0.140. The van der Waals surface area contributed by atoms with E-state index in [2.05, 4.69) is 21.2 Å². The number of hydrogen-bond acceptors (Lipinski definition) is 2. The minimum atomic E-state index is -0.552. The van der Waals surface area contributed by atoms with Crippen LogP contribution in [0, 0.1) is 13.8 Å². The van der Waals surface area contributed by atoms with Crippen LogP contribution >= 0.6 is 15.9 Å². The van der Waals surface area contributed by atoms with Gasteiger partial charge in [-0.2, -0.15) is 0 Å². The maximum absolute atomic E-state index is 13.2. The summed E-state index contributed by atoms with van der Waals surface area (Å²) in [6.07, 6.45) is 0.281. The molecule has 28 heavy (non-hydrogen) atoms. The molecule has 0 spiro atoms. The molecule has 1 N–H and O–H groups in total. The molecule has 0 unspecified atom stereocenters. The van der Waals surface area contributed by atoms with Crippen LogP contribution in [0.1, 0.15) is 43.0 Å². The lowest BCUT2D eigenvalue weighted by Crippen LogP contribution is -2.49. The lowest BCUT2D eigenvalue weighted by Gasteiger charge is -2.29. The van der Waals surface area contributed by atoms with Gasteiger partial charge in [0.1, 0.15) is 6.04 Å². The van der Waals surface area contributed by atoms with Crippen LogP contribution in [-0.4, -0.2) is 28.8 Å². The third kappa shape index (κ3) is 6.20. The van der Waals surface area contributed by atoms with Crippen molar-refractivity contribution in [2.24, 2.45) is 0 Å². The summed E-state index contributed by atoms with van der Waals surface area (Å²) in [6.45, 7) is 10.0. The first-order valence-corrected chi connectivity index (χ1v) is 10.4. The van der Waals surface area contributed by atoms with Crippen LogP contribution in [0.5, 0.6) is 0 Å². The van der Waals surface area contributed by atoms with Crippen molar-refractivity contribution in [2.45, 2.75) is 59.7 Å². The fourth-order valence-electron chi connectivity index (χ4n) is 3.03. The van der Waals surface area contributed by atoms with Crippen LogP contribution in [0.4, 0.5) is 0 Å². The number of amides is 2. The van der Waals surface area contributed by atoms with Crippen LogP contribution < -0.4 is 5.32 Å². The smallest absolute Gasteiger partial charge is 0.242 e. The number of carbonyl (C=O) groups excluding carboxylic acids is 2. The largest absolute Gasteiger partial charge is 0.352 e. The first-order chi connectivity index (χ1) is 13.2. The molecule has 4 nitrogen and oxygen atoms in total. The van der Waals surface area contributed by atoms with E-state index in [-0.39, 0.29) is 24.3 Å². The molecular formula is C23H29BrN2O2. The quantitative estimate of drug-likeness (QED) is 0.680. The van der Waals surface area contributed by atoms with Gasteiger partial charge in [0.05, 0.1) is 6.42 Å². The molecule has 0 aromatic heterocycles. The highest BCUT2D eigenvalue weighted by molar-refractivity contribution is 9.10. The van der Waals surface area contributed by atoms with Crippen molar-refractivity contribution in [2.75, 3.05) is 0 Å². The van der Waals surface area contributed by atoms with Crippen molar-refractivity contribution in [1.82, 2.24) is 10.2 Å². The molecule has 0 saturated carbocycles. The molecule has 5 heteroatoms. The summed E-state index contributed by atoms with van der Waals surface area (Å²) in [4.78, 5) is 27.5. The van der Waals surface area contributed by atoms with Gasteiger partial charge in [0, 0.05) is 17.1 Å². The number of aryl methyl sites for hydroxylation is 2. The van der Waals surface area contributed by atoms with Gasteiger partial charge in [0.2, 0.25) is 11.8 Å². The van der Waals surface area contributed by atoms with Gasteiger partial charge in [0.15, 0.2) is 0 Å². The Morgan fingerprint density at radius 2 is 1.68 bits per heavy atom. The lowest BCUT2D eigenvalue weighted by atomic mass is 10.0. The first kappa shape index (κ1) is 22.2. The van der Waals surface area contributed by atoms with E-state index in [1.807, 2.05) is 70.2 Å². The molecular weight excluding hydrogens is 416 g/mol. The van der Waals surface area contributed by atoms with Crippen molar-refractivity contribution < 1.29 is 9.59 Å². The average Bonchev–Trinajstić information content (AvgIpc) is 2.63. The Labute approximate surface area is 176 Å². The number of nitrogens with one attached hydrogen (secondary N) is 1. The maximum Gasteiger partial charge on any atom is 0.242 e. The van der Waals surface area contributed by atoms with Crippen molar-refractivity contribution in [3.05, 3.63) is 69.2 Å². The third-order valence-corrected chi connectivity index (χ3v) is 5.24. The van der Waals surface area contributed by atoms with Gasteiger partial charge in [-0.3, -0.25) is 9.59 Å². The summed E-state index contributed by atoms with van der Waals surface area (Å²) in [5, 5.41) is 2.92. The molecule has 2 aromatic carbocycles. The fourth-order valence-corrected chi connectivity index (χ4v) is 3.29. The van der Waals surface area contributed by atoms with Gasteiger partial charge in [-0.1, -0.05) is 51.8 Å². The zero-order chi connectivity index (χ0) is 20.8. The van der Waals surface area contributed by atoms with Gasteiger partial charge in [-0.15, -0.1) is 0 Å². The summed E-state index contributed by atoms with van der Waals surface area (Å²) >= 11 is 3.43. The second-order valence-corrected chi connectivity index (χ2v) is 8.51. The summed E-state index contributed by atoms with van der Waals surface area (Å²) in [5.74, 6) is -0.190. The molecule has 2 amide bonds. The number of rotatable bonds is 7. The maximum atomic E-state index is 13.2. The number of hydrogen-bond donors (Lipinski definition) is 1. The predicted molar refractivity (Wildman–Crippen MR) is 117 cm³/mol. The van der Waals surface area contributed by atoms with Crippen molar-refractivity contribution in [1.29, 1.82) is 0 Å². The van der Waals surface area contributed by atoms with E-state index in [9.17, 15) is 9.59 Å². The van der Waals surface area contributed by atoms with E-state index in [1.54, 1.807) is 11.8 Å².